The maximum absolute atomic E-state index is 11.7. The summed E-state index contributed by atoms with van der Waals surface area (Å²) in [5.74, 6) is -0.682. The number of carbonyl (C=O) groups excluding carboxylic acids is 2. The van der Waals surface area contributed by atoms with Crippen LogP contribution in [-0.4, -0.2) is 19.0 Å². The van der Waals surface area contributed by atoms with Gasteiger partial charge >= 0.3 is 5.97 Å². The summed E-state index contributed by atoms with van der Waals surface area (Å²) in [7, 11) is 1.36. The van der Waals surface area contributed by atoms with Gasteiger partial charge in [-0.1, -0.05) is 19.1 Å². The first-order valence-corrected chi connectivity index (χ1v) is 6.33. The molecule has 2 rings (SSSR count). The lowest BCUT2D eigenvalue weighted by atomic mass is 9.90. The summed E-state index contributed by atoms with van der Waals surface area (Å²) in [4.78, 5) is 23.0. The predicted molar refractivity (Wildman–Crippen MR) is 71.5 cm³/mol. The van der Waals surface area contributed by atoms with Crippen molar-refractivity contribution in [2.45, 2.75) is 25.8 Å². The summed E-state index contributed by atoms with van der Waals surface area (Å²) in [5, 5.41) is 2.77. The first-order chi connectivity index (χ1) is 9.06. The molecule has 1 aromatic rings. The molecule has 0 aromatic heterocycles. The van der Waals surface area contributed by atoms with Crippen LogP contribution < -0.4 is 11.1 Å². The van der Waals surface area contributed by atoms with Crippen molar-refractivity contribution in [3.63, 3.8) is 0 Å². The van der Waals surface area contributed by atoms with Crippen LogP contribution in [0.3, 0.4) is 0 Å². The molecule has 1 heterocycles. The Hall–Kier alpha value is -1.88. The third-order valence-electron chi connectivity index (χ3n) is 3.52. The van der Waals surface area contributed by atoms with Gasteiger partial charge < -0.3 is 15.8 Å². The number of amides is 1. The highest BCUT2D eigenvalue weighted by Crippen LogP contribution is 2.29. The monoisotopic (exact) mass is 262 g/mol. The van der Waals surface area contributed by atoms with Gasteiger partial charge in [0.2, 0.25) is 5.91 Å². The molecule has 5 nitrogen and oxygen atoms in total. The number of rotatable bonds is 4. The van der Waals surface area contributed by atoms with Crippen LogP contribution in [0.2, 0.25) is 0 Å². The molecule has 0 radical (unpaired) electrons. The summed E-state index contributed by atoms with van der Waals surface area (Å²) in [6.07, 6.45) is 0.979. The molecule has 0 saturated carbocycles. The van der Waals surface area contributed by atoms with Gasteiger partial charge in [-0.05, 0) is 23.6 Å². The number of esters is 1. The average molecular weight is 262 g/mol. The van der Waals surface area contributed by atoms with Gasteiger partial charge in [-0.3, -0.25) is 9.59 Å². The molecule has 19 heavy (non-hydrogen) atoms. The molecule has 0 saturated heterocycles. The second-order valence-electron chi connectivity index (χ2n) is 4.71. The van der Waals surface area contributed by atoms with Crippen LogP contribution in [-0.2, 0) is 20.7 Å². The first-order valence-electron chi connectivity index (χ1n) is 6.33. The number of methoxy groups -OCH3 is 1. The van der Waals surface area contributed by atoms with E-state index in [-0.39, 0.29) is 17.8 Å². The lowest BCUT2D eigenvalue weighted by Gasteiger charge is -2.21. The summed E-state index contributed by atoms with van der Waals surface area (Å²) in [5.41, 5.74) is 8.76. The van der Waals surface area contributed by atoms with Crippen LogP contribution in [0.1, 0.15) is 30.5 Å². The predicted octanol–water partition coefficient (Wildman–Crippen LogP) is 1.38. The summed E-state index contributed by atoms with van der Waals surface area (Å²) < 4.78 is 4.77. The minimum absolute atomic E-state index is 0.0132. The van der Waals surface area contributed by atoms with Crippen LogP contribution in [0.15, 0.2) is 18.2 Å². The highest BCUT2D eigenvalue weighted by atomic mass is 16.5. The van der Waals surface area contributed by atoms with E-state index in [1.807, 2.05) is 25.1 Å². The molecular weight excluding hydrogens is 244 g/mol. The van der Waals surface area contributed by atoms with Crippen molar-refractivity contribution in [2.24, 2.45) is 11.7 Å². The van der Waals surface area contributed by atoms with Crippen molar-refractivity contribution in [2.75, 3.05) is 12.4 Å². The first kappa shape index (κ1) is 13.5. The number of ether oxygens (including phenoxy) is 1. The standard InChI is InChI=1S/C14H18N2O3/c1-3-10(14(18)19-2)13(15)8-4-5-11-9(6-8)7-12(17)16-11/h4-6,10,13H,3,7,15H2,1-2H3,(H,16,17). The largest absolute Gasteiger partial charge is 0.469 e. The fourth-order valence-corrected chi connectivity index (χ4v) is 2.41. The fraction of sp³-hybridized carbons (Fsp3) is 0.429. The highest BCUT2D eigenvalue weighted by Gasteiger charge is 2.27. The van der Waals surface area contributed by atoms with E-state index >= 15 is 0 Å². The molecule has 3 N–H and O–H groups in total. The molecule has 0 spiro atoms. The molecular formula is C14H18N2O3. The third kappa shape index (κ3) is 2.61. The second kappa shape index (κ2) is 5.40. The molecule has 5 heteroatoms. The number of hydrogen-bond acceptors (Lipinski definition) is 4. The highest BCUT2D eigenvalue weighted by molar-refractivity contribution is 5.99. The SMILES string of the molecule is CCC(C(=O)OC)C(N)c1ccc2c(c1)CC(=O)N2. The molecule has 1 aliphatic rings. The summed E-state index contributed by atoms with van der Waals surface area (Å²) >= 11 is 0. The van der Waals surface area contributed by atoms with E-state index < -0.39 is 6.04 Å². The topological polar surface area (TPSA) is 81.4 Å². The molecule has 0 bridgehead atoms. The summed E-state index contributed by atoms with van der Waals surface area (Å²) in [6, 6.07) is 5.15. The van der Waals surface area contributed by atoms with Crippen LogP contribution in [0, 0.1) is 5.92 Å². The zero-order valence-electron chi connectivity index (χ0n) is 11.1. The van der Waals surface area contributed by atoms with Gasteiger partial charge in [0.1, 0.15) is 0 Å². The van der Waals surface area contributed by atoms with Crippen LogP contribution in [0.4, 0.5) is 5.69 Å². The van der Waals surface area contributed by atoms with E-state index in [1.54, 1.807) is 0 Å². The molecule has 0 aliphatic carbocycles. The zero-order chi connectivity index (χ0) is 14.0. The van der Waals surface area contributed by atoms with E-state index in [0.717, 1.165) is 16.8 Å². The van der Waals surface area contributed by atoms with Crippen LogP contribution >= 0.6 is 0 Å². The van der Waals surface area contributed by atoms with Crippen LogP contribution in [0.5, 0.6) is 0 Å². The van der Waals surface area contributed by atoms with E-state index in [0.29, 0.717) is 12.8 Å². The summed E-state index contributed by atoms with van der Waals surface area (Å²) in [6.45, 7) is 1.90. The Balaban J connectivity index is 2.24. The normalized spacial score (nSPS) is 16.5. The number of hydrogen-bond donors (Lipinski definition) is 2. The Morgan fingerprint density at radius 1 is 1.53 bits per heavy atom. The van der Waals surface area contributed by atoms with Crippen molar-refractivity contribution in [3.8, 4) is 0 Å². The van der Waals surface area contributed by atoms with E-state index in [1.165, 1.54) is 7.11 Å². The van der Waals surface area contributed by atoms with Crippen LogP contribution in [0.25, 0.3) is 0 Å². The number of anilines is 1. The Labute approximate surface area is 112 Å². The maximum atomic E-state index is 11.7. The molecule has 1 aliphatic heterocycles. The van der Waals surface area contributed by atoms with Gasteiger partial charge in [-0.2, -0.15) is 0 Å². The van der Waals surface area contributed by atoms with Crippen molar-refractivity contribution in [3.05, 3.63) is 29.3 Å². The van der Waals surface area contributed by atoms with E-state index in [4.69, 9.17) is 10.5 Å². The van der Waals surface area contributed by atoms with Gasteiger partial charge in [0.05, 0.1) is 19.4 Å². The molecule has 2 atom stereocenters. The van der Waals surface area contributed by atoms with Gasteiger partial charge in [0, 0.05) is 11.7 Å². The molecule has 0 fully saturated rings. The van der Waals surface area contributed by atoms with Gasteiger partial charge in [0.15, 0.2) is 0 Å². The Morgan fingerprint density at radius 2 is 2.26 bits per heavy atom. The number of fused-ring (bicyclic) bond motifs is 1. The number of nitrogens with one attached hydrogen (secondary N) is 1. The maximum Gasteiger partial charge on any atom is 0.310 e. The van der Waals surface area contributed by atoms with Crippen molar-refractivity contribution >= 4 is 17.6 Å². The minimum atomic E-state index is -0.418. The fourth-order valence-electron chi connectivity index (χ4n) is 2.41. The quantitative estimate of drug-likeness (QED) is 0.803. The Bertz CT molecular complexity index is 513. The lowest BCUT2D eigenvalue weighted by molar-refractivity contribution is -0.146. The Kier molecular flexibility index (Phi) is 3.85. The zero-order valence-corrected chi connectivity index (χ0v) is 11.1. The van der Waals surface area contributed by atoms with Crippen molar-refractivity contribution in [1.82, 2.24) is 0 Å². The third-order valence-corrected chi connectivity index (χ3v) is 3.52. The van der Waals surface area contributed by atoms with E-state index in [2.05, 4.69) is 5.32 Å². The second-order valence-corrected chi connectivity index (χ2v) is 4.71. The molecule has 1 amide bonds. The lowest BCUT2D eigenvalue weighted by Crippen LogP contribution is -2.28. The Morgan fingerprint density at radius 3 is 2.89 bits per heavy atom. The number of carbonyl (C=O) groups is 2. The number of benzene rings is 1. The molecule has 2 unspecified atom stereocenters. The smallest absolute Gasteiger partial charge is 0.310 e. The van der Waals surface area contributed by atoms with Gasteiger partial charge in [-0.15, -0.1) is 0 Å². The van der Waals surface area contributed by atoms with Gasteiger partial charge in [-0.25, -0.2) is 0 Å². The average Bonchev–Trinajstić information content (AvgIpc) is 2.77. The number of nitrogens with two attached hydrogens (primary N) is 1. The minimum Gasteiger partial charge on any atom is -0.469 e. The van der Waals surface area contributed by atoms with E-state index in [9.17, 15) is 9.59 Å². The molecule has 102 valence electrons. The van der Waals surface area contributed by atoms with Crippen molar-refractivity contribution in [1.29, 1.82) is 0 Å². The van der Waals surface area contributed by atoms with Crippen molar-refractivity contribution < 1.29 is 14.3 Å². The molecule has 1 aromatic carbocycles. The van der Waals surface area contributed by atoms with Gasteiger partial charge in [0.25, 0.3) is 0 Å².